The normalized spacial score (nSPS) is 10.7. The van der Waals surface area contributed by atoms with Crippen LogP contribution in [0.25, 0.3) is 111 Å². The molecule has 0 atom stereocenters. The lowest BCUT2D eigenvalue weighted by atomic mass is 9.96. The summed E-state index contributed by atoms with van der Waals surface area (Å²) in [6.45, 7) is 1.90. The molecule has 12 rings (SSSR count). The van der Waals surface area contributed by atoms with Gasteiger partial charge in [-0.25, -0.2) is 0 Å². The molecule has 0 aliphatic heterocycles. The SMILES string of the molecule is Cc1cccc(-c2cc(-n3c4cc(-c5ccc(C#N)cc5C#N)ccc4c4ccc(-c5ccc(C#N)cc5C#N)cc43)c(C#N)c(-n3c4cc(-c5ccc(C#N)cc5C#N)ccc4c4ccc(-c5ccc(C#N)cc5C#N)cc43)c2)n1. The van der Waals surface area contributed by atoms with E-state index < -0.39 is 0 Å². The molecule has 0 saturated heterocycles. The molecule has 3 aromatic heterocycles. The van der Waals surface area contributed by atoms with Gasteiger partial charge < -0.3 is 9.13 Å². The summed E-state index contributed by atoms with van der Waals surface area (Å²) in [4.78, 5) is 5.03. The van der Waals surface area contributed by atoms with Crippen molar-refractivity contribution < 1.29 is 0 Å². The lowest BCUT2D eigenvalue weighted by Gasteiger charge is -2.19. The van der Waals surface area contributed by atoms with Gasteiger partial charge in [0, 0.05) is 32.8 Å². The van der Waals surface area contributed by atoms with Gasteiger partial charge in [0.25, 0.3) is 0 Å². The number of nitrogens with zero attached hydrogens (tertiary/aromatic N) is 12. The standard InChI is InChI=1S/C69H32N12/c1-40-3-2-4-63(79-40)49-29-68(80-64-25-45(54-13-5-41(31-70)21-50(54)35-74)9-17-58(64)59-18-10-46(26-65(59)80)55-14-6-42(32-71)22-51(55)36-75)62(39-78)69(30-49)81-66-27-47(56-15-7-43(33-72)23-52(56)37-76)11-19-60(66)61-20-12-48(28-67(61)81)57-16-8-44(34-73)24-53(57)38-77/h2-30H,1H3. The Morgan fingerprint density at radius 2 is 0.630 bits per heavy atom. The monoisotopic (exact) mass is 1030 g/mol. The number of hydrogen-bond donors (Lipinski definition) is 0. The molecular formula is C69H32N12. The molecule has 3 heterocycles. The van der Waals surface area contributed by atoms with E-state index in [1.54, 1.807) is 72.8 Å². The Hall–Kier alpha value is -12.9. The third-order valence-corrected chi connectivity index (χ3v) is 14.7. The second-order valence-electron chi connectivity index (χ2n) is 19.2. The zero-order valence-corrected chi connectivity index (χ0v) is 42.6. The summed E-state index contributed by atoms with van der Waals surface area (Å²) in [5.41, 5.74) is 13.3. The molecule has 12 aromatic rings. The number of aromatic nitrogens is 3. The van der Waals surface area contributed by atoms with E-state index in [-0.39, 0.29) is 5.56 Å². The molecule has 0 unspecified atom stereocenters. The third kappa shape index (κ3) is 8.13. The van der Waals surface area contributed by atoms with Gasteiger partial charge in [0.05, 0.1) is 132 Å². The number of nitriles is 9. The highest BCUT2D eigenvalue weighted by molar-refractivity contribution is 6.13. The Morgan fingerprint density at radius 3 is 0.901 bits per heavy atom. The van der Waals surface area contributed by atoms with Crippen LogP contribution in [-0.2, 0) is 0 Å². The molecule has 12 nitrogen and oxygen atoms in total. The smallest absolute Gasteiger partial charge is 0.104 e. The van der Waals surface area contributed by atoms with Crippen molar-refractivity contribution in [2.45, 2.75) is 6.92 Å². The molecule has 9 aromatic carbocycles. The van der Waals surface area contributed by atoms with E-state index in [9.17, 15) is 47.4 Å². The maximum absolute atomic E-state index is 12.1. The second-order valence-corrected chi connectivity index (χ2v) is 19.2. The Kier molecular flexibility index (Phi) is 11.9. The van der Waals surface area contributed by atoms with Crippen LogP contribution < -0.4 is 0 Å². The highest BCUT2D eigenvalue weighted by Crippen LogP contribution is 2.44. The van der Waals surface area contributed by atoms with Crippen molar-refractivity contribution in [2.75, 3.05) is 0 Å². The first-order chi connectivity index (χ1) is 39.6. The molecule has 0 aliphatic carbocycles. The van der Waals surface area contributed by atoms with Crippen LogP contribution in [0.5, 0.6) is 0 Å². The number of hydrogen-bond acceptors (Lipinski definition) is 10. The van der Waals surface area contributed by atoms with Gasteiger partial charge in [-0.05, 0) is 148 Å². The molecule has 0 bridgehead atoms. The summed E-state index contributed by atoms with van der Waals surface area (Å²) >= 11 is 0. The maximum atomic E-state index is 12.1. The fraction of sp³-hybridized carbons (Fsp3) is 0.0145. The number of pyridine rings is 1. The van der Waals surface area contributed by atoms with Crippen molar-refractivity contribution in [1.29, 1.82) is 47.4 Å². The number of benzene rings is 9. The summed E-state index contributed by atoms with van der Waals surface area (Å²) in [6, 6.07) is 73.1. The van der Waals surface area contributed by atoms with Gasteiger partial charge in [0.1, 0.15) is 11.6 Å². The zero-order chi connectivity index (χ0) is 56.1. The molecular weight excluding hydrogens is 997 g/mol. The third-order valence-electron chi connectivity index (χ3n) is 14.7. The van der Waals surface area contributed by atoms with Crippen LogP contribution in [-0.4, -0.2) is 14.1 Å². The zero-order valence-electron chi connectivity index (χ0n) is 42.6. The quantitative estimate of drug-likeness (QED) is 0.146. The van der Waals surface area contributed by atoms with E-state index in [1.807, 2.05) is 119 Å². The Labute approximate surface area is 463 Å². The Bertz CT molecular complexity index is 4640. The molecule has 0 spiro atoms. The first kappa shape index (κ1) is 49.0. The van der Waals surface area contributed by atoms with Crippen molar-refractivity contribution in [2.24, 2.45) is 0 Å². The van der Waals surface area contributed by atoms with Crippen molar-refractivity contribution in [3.8, 4) is 122 Å². The van der Waals surface area contributed by atoms with Gasteiger partial charge in [-0.15, -0.1) is 0 Å². The van der Waals surface area contributed by atoms with Crippen LogP contribution in [0.15, 0.2) is 176 Å². The lowest BCUT2D eigenvalue weighted by molar-refractivity contribution is 1.11. The minimum Gasteiger partial charge on any atom is -0.308 e. The van der Waals surface area contributed by atoms with E-state index in [0.29, 0.717) is 134 Å². The largest absolute Gasteiger partial charge is 0.308 e. The van der Waals surface area contributed by atoms with Crippen LogP contribution in [0.2, 0.25) is 0 Å². The fourth-order valence-corrected chi connectivity index (χ4v) is 11.0. The maximum Gasteiger partial charge on any atom is 0.104 e. The molecule has 0 saturated carbocycles. The van der Waals surface area contributed by atoms with Gasteiger partial charge in [0.15, 0.2) is 0 Å². The van der Waals surface area contributed by atoms with Gasteiger partial charge >= 0.3 is 0 Å². The van der Waals surface area contributed by atoms with Gasteiger partial charge in [-0.1, -0.05) is 78.9 Å². The van der Waals surface area contributed by atoms with Crippen molar-refractivity contribution >= 4 is 43.6 Å². The minimum atomic E-state index is 0.231. The average Bonchev–Trinajstić information content (AvgIpc) is 2.98. The molecule has 368 valence electrons. The Balaban J connectivity index is 1.24. The fourth-order valence-electron chi connectivity index (χ4n) is 11.0. The first-order valence-corrected chi connectivity index (χ1v) is 25.1. The lowest BCUT2D eigenvalue weighted by Crippen LogP contribution is -2.06. The molecule has 0 fully saturated rings. The van der Waals surface area contributed by atoms with Crippen molar-refractivity contribution in [3.05, 3.63) is 232 Å². The number of aryl methyl sites for hydroxylation is 1. The first-order valence-electron chi connectivity index (χ1n) is 25.1. The summed E-state index contributed by atoms with van der Waals surface area (Å²) in [6.07, 6.45) is 0. The average molecular weight is 1030 g/mol. The molecule has 0 N–H and O–H groups in total. The van der Waals surface area contributed by atoms with Crippen molar-refractivity contribution in [3.63, 3.8) is 0 Å². The summed E-state index contributed by atoms with van der Waals surface area (Å²) in [5.74, 6) is 0. The number of rotatable bonds is 7. The minimum absolute atomic E-state index is 0.231. The van der Waals surface area contributed by atoms with Crippen LogP contribution in [0, 0.1) is 109 Å². The van der Waals surface area contributed by atoms with E-state index in [0.717, 1.165) is 27.2 Å². The predicted molar refractivity (Wildman–Crippen MR) is 307 cm³/mol. The highest BCUT2D eigenvalue weighted by atomic mass is 15.0. The summed E-state index contributed by atoms with van der Waals surface area (Å²) < 4.78 is 4.03. The topological polar surface area (TPSA) is 237 Å². The molecule has 12 heteroatoms. The van der Waals surface area contributed by atoms with Gasteiger partial charge in [0.2, 0.25) is 0 Å². The van der Waals surface area contributed by atoms with E-state index in [1.165, 1.54) is 0 Å². The van der Waals surface area contributed by atoms with Crippen molar-refractivity contribution in [1.82, 2.24) is 14.1 Å². The van der Waals surface area contributed by atoms with Gasteiger partial charge in [-0.2, -0.15) is 47.4 Å². The van der Waals surface area contributed by atoms with Crippen LogP contribution >= 0.6 is 0 Å². The second kappa shape index (κ2) is 19.7. The molecule has 0 radical (unpaired) electrons. The van der Waals surface area contributed by atoms with Gasteiger partial charge in [-0.3, -0.25) is 4.98 Å². The molecule has 81 heavy (non-hydrogen) atoms. The van der Waals surface area contributed by atoms with E-state index in [4.69, 9.17) is 4.98 Å². The highest BCUT2D eigenvalue weighted by Gasteiger charge is 2.25. The number of fused-ring (bicyclic) bond motifs is 6. The molecule has 0 amide bonds. The summed E-state index contributed by atoms with van der Waals surface area (Å²) in [5, 5.41) is 96.1. The van der Waals surface area contributed by atoms with Crippen LogP contribution in [0.4, 0.5) is 0 Å². The van der Waals surface area contributed by atoms with Crippen LogP contribution in [0.1, 0.15) is 55.8 Å². The predicted octanol–water partition coefficient (Wildman–Crippen LogP) is 14.8. The van der Waals surface area contributed by atoms with E-state index >= 15 is 0 Å². The van der Waals surface area contributed by atoms with E-state index in [2.05, 4.69) is 54.6 Å². The van der Waals surface area contributed by atoms with Crippen LogP contribution in [0.3, 0.4) is 0 Å². The summed E-state index contributed by atoms with van der Waals surface area (Å²) in [7, 11) is 0. The molecule has 0 aliphatic rings. The Morgan fingerprint density at radius 1 is 0.309 bits per heavy atom.